The van der Waals surface area contributed by atoms with Crippen LogP contribution in [0.25, 0.3) is 11.1 Å². The Kier molecular flexibility index (Phi) is 3.49. The lowest BCUT2D eigenvalue weighted by atomic mass is 9.97. The van der Waals surface area contributed by atoms with E-state index in [1.807, 2.05) is 24.3 Å². The second kappa shape index (κ2) is 5.31. The monoisotopic (exact) mass is 284 g/mol. The summed E-state index contributed by atoms with van der Waals surface area (Å²) in [6, 6.07) is 13.7. The van der Waals surface area contributed by atoms with Crippen LogP contribution in [0.5, 0.6) is 0 Å². The van der Waals surface area contributed by atoms with Crippen LogP contribution in [0.1, 0.15) is 29.2 Å². The van der Waals surface area contributed by atoms with E-state index in [0.717, 1.165) is 17.5 Å². The van der Waals surface area contributed by atoms with Crippen LogP contribution in [0.4, 0.5) is 0 Å². The van der Waals surface area contributed by atoms with Crippen molar-refractivity contribution in [1.82, 2.24) is 0 Å². The van der Waals surface area contributed by atoms with E-state index in [0.29, 0.717) is 5.56 Å². The molecule has 0 aliphatic heterocycles. The van der Waals surface area contributed by atoms with Gasteiger partial charge in [0.25, 0.3) is 0 Å². The lowest BCUT2D eigenvalue weighted by molar-refractivity contribution is -0.141. The number of carboxylic acid groups (broad SMARTS) is 1. The lowest BCUT2D eigenvalue weighted by Crippen LogP contribution is -2.21. The van der Waals surface area contributed by atoms with E-state index in [1.165, 1.54) is 11.1 Å². The minimum Gasteiger partial charge on any atom is -0.481 e. The first-order chi connectivity index (χ1) is 10.1. The van der Waals surface area contributed by atoms with E-state index in [-0.39, 0.29) is 0 Å². The third-order valence-corrected chi connectivity index (χ3v) is 3.91. The number of aliphatic carboxylic acids is 1. The topological polar surface area (TPSA) is 77.8 Å². The van der Waals surface area contributed by atoms with Crippen molar-refractivity contribution in [3.8, 4) is 11.1 Å². The van der Waals surface area contributed by atoms with Crippen LogP contribution in [-0.2, 0) is 11.2 Å². The molecule has 0 spiro atoms. The van der Waals surface area contributed by atoms with E-state index in [4.69, 9.17) is 5.11 Å². The molecule has 0 fully saturated rings. The van der Waals surface area contributed by atoms with Gasteiger partial charge in [0.15, 0.2) is 0 Å². The maximum Gasteiger partial charge on any atom is 0.306 e. The third-order valence-electron chi connectivity index (χ3n) is 3.91. The molecule has 3 rings (SSSR count). The molecule has 0 heterocycles. The van der Waals surface area contributed by atoms with Crippen LogP contribution >= 0.6 is 0 Å². The number of aliphatic hydroxyl groups excluding tert-OH is 2. The van der Waals surface area contributed by atoms with E-state index >= 15 is 0 Å². The SMILES string of the molecule is O=C(O)CC(O)C(O)c1ccc2c(c1)Cc1ccccc1-2. The van der Waals surface area contributed by atoms with Gasteiger partial charge in [0.05, 0.1) is 12.5 Å². The second-order valence-electron chi connectivity index (χ2n) is 5.36. The van der Waals surface area contributed by atoms with Gasteiger partial charge in [-0.1, -0.05) is 42.5 Å². The fourth-order valence-electron chi connectivity index (χ4n) is 2.86. The Labute approximate surface area is 122 Å². The molecule has 0 radical (unpaired) electrons. The van der Waals surface area contributed by atoms with E-state index < -0.39 is 24.6 Å². The first-order valence-electron chi connectivity index (χ1n) is 6.85. The van der Waals surface area contributed by atoms with Crippen molar-refractivity contribution in [3.63, 3.8) is 0 Å². The molecule has 0 saturated carbocycles. The standard InChI is InChI=1S/C17H16O4/c18-15(9-16(19)20)17(21)11-5-6-14-12(8-11)7-10-3-1-2-4-13(10)14/h1-6,8,15,17-18,21H,7,9H2,(H,19,20). The molecule has 2 unspecified atom stereocenters. The van der Waals surface area contributed by atoms with Crippen molar-refractivity contribution >= 4 is 5.97 Å². The molecule has 1 aliphatic rings. The molecule has 2 aromatic rings. The number of carbonyl (C=O) groups is 1. The Morgan fingerprint density at radius 1 is 1.05 bits per heavy atom. The Hall–Kier alpha value is -2.17. The molecule has 108 valence electrons. The van der Waals surface area contributed by atoms with E-state index in [2.05, 4.69) is 12.1 Å². The zero-order chi connectivity index (χ0) is 15.0. The average molecular weight is 284 g/mol. The lowest BCUT2D eigenvalue weighted by Gasteiger charge is -2.17. The van der Waals surface area contributed by atoms with Crippen molar-refractivity contribution in [2.24, 2.45) is 0 Å². The summed E-state index contributed by atoms with van der Waals surface area (Å²) in [7, 11) is 0. The fourth-order valence-corrected chi connectivity index (χ4v) is 2.86. The molecule has 4 heteroatoms. The maximum atomic E-state index is 10.6. The van der Waals surface area contributed by atoms with Crippen LogP contribution in [-0.4, -0.2) is 27.4 Å². The highest BCUT2D eigenvalue weighted by Gasteiger charge is 2.24. The summed E-state index contributed by atoms with van der Waals surface area (Å²) in [6.45, 7) is 0. The normalized spacial score (nSPS) is 15.1. The summed E-state index contributed by atoms with van der Waals surface area (Å²) in [5.74, 6) is -1.13. The minimum atomic E-state index is -1.30. The van der Waals surface area contributed by atoms with Crippen molar-refractivity contribution in [2.75, 3.05) is 0 Å². The van der Waals surface area contributed by atoms with Gasteiger partial charge >= 0.3 is 5.97 Å². The zero-order valence-corrected chi connectivity index (χ0v) is 11.4. The molecule has 0 bridgehead atoms. The Bertz CT molecular complexity index is 693. The van der Waals surface area contributed by atoms with Crippen molar-refractivity contribution < 1.29 is 20.1 Å². The Morgan fingerprint density at radius 3 is 2.52 bits per heavy atom. The number of aliphatic hydroxyl groups is 2. The first-order valence-corrected chi connectivity index (χ1v) is 6.85. The molecule has 2 aromatic carbocycles. The van der Waals surface area contributed by atoms with Crippen LogP contribution < -0.4 is 0 Å². The fraction of sp³-hybridized carbons (Fsp3) is 0.235. The average Bonchev–Trinajstić information content (AvgIpc) is 2.83. The molecule has 2 atom stereocenters. The van der Waals surface area contributed by atoms with Crippen molar-refractivity contribution in [2.45, 2.75) is 25.0 Å². The summed E-state index contributed by atoms with van der Waals surface area (Å²) < 4.78 is 0. The second-order valence-corrected chi connectivity index (χ2v) is 5.36. The molecular formula is C17H16O4. The van der Waals surface area contributed by atoms with Gasteiger partial charge in [-0.2, -0.15) is 0 Å². The van der Waals surface area contributed by atoms with Crippen molar-refractivity contribution in [1.29, 1.82) is 0 Å². The van der Waals surface area contributed by atoms with Gasteiger partial charge in [0.2, 0.25) is 0 Å². The molecule has 0 aromatic heterocycles. The summed E-state index contributed by atoms with van der Waals surface area (Å²) in [4.78, 5) is 10.6. The molecule has 1 aliphatic carbocycles. The predicted molar refractivity (Wildman–Crippen MR) is 77.9 cm³/mol. The van der Waals surface area contributed by atoms with Gasteiger partial charge in [-0.3, -0.25) is 4.79 Å². The molecule has 3 N–H and O–H groups in total. The number of rotatable bonds is 4. The van der Waals surface area contributed by atoms with E-state index in [9.17, 15) is 15.0 Å². The summed E-state index contributed by atoms with van der Waals surface area (Å²) in [5.41, 5.74) is 5.21. The van der Waals surface area contributed by atoms with Crippen LogP contribution in [0.3, 0.4) is 0 Å². The number of hydrogen-bond acceptors (Lipinski definition) is 3. The van der Waals surface area contributed by atoms with E-state index in [1.54, 1.807) is 6.07 Å². The van der Waals surface area contributed by atoms with Crippen molar-refractivity contribution in [3.05, 3.63) is 59.2 Å². The largest absolute Gasteiger partial charge is 0.481 e. The van der Waals surface area contributed by atoms with Gasteiger partial charge in [-0.25, -0.2) is 0 Å². The molecule has 0 amide bonds. The maximum absolute atomic E-state index is 10.6. The highest BCUT2D eigenvalue weighted by molar-refractivity contribution is 5.77. The quantitative estimate of drug-likeness (QED) is 0.686. The summed E-state index contributed by atoms with van der Waals surface area (Å²) >= 11 is 0. The number of fused-ring (bicyclic) bond motifs is 3. The number of hydrogen-bond donors (Lipinski definition) is 3. The molecule has 21 heavy (non-hydrogen) atoms. The molecule has 0 saturated heterocycles. The molecule has 4 nitrogen and oxygen atoms in total. The minimum absolute atomic E-state index is 0.474. The van der Waals surface area contributed by atoms with Gasteiger partial charge in [-0.15, -0.1) is 0 Å². The van der Waals surface area contributed by atoms with Gasteiger partial charge in [0, 0.05) is 0 Å². The summed E-state index contributed by atoms with van der Waals surface area (Å²) in [6.07, 6.45) is -2.17. The third kappa shape index (κ3) is 2.55. The smallest absolute Gasteiger partial charge is 0.306 e. The summed E-state index contributed by atoms with van der Waals surface area (Å²) in [5, 5.41) is 28.5. The van der Waals surface area contributed by atoms with Gasteiger partial charge < -0.3 is 15.3 Å². The number of carboxylic acids is 1. The Balaban J connectivity index is 1.88. The first kappa shape index (κ1) is 13.8. The Morgan fingerprint density at radius 2 is 1.76 bits per heavy atom. The highest BCUT2D eigenvalue weighted by atomic mass is 16.4. The van der Waals surface area contributed by atoms with Crippen LogP contribution in [0.2, 0.25) is 0 Å². The van der Waals surface area contributed by atoms with Crippen LogP contribution in [0.15, 0.2) is 42.5 Å². The van der Waals surface area contributed by atoms with Gasteiger partial charge in [-0.05, 0) is 34.2 Å². The predicted octanol–water partition coefficient (Wildman–Crippen LogP) is 2.13. The van der Waals surface area contributed by atoms with Crippen LogP contribution in [0, 0.1) is 0 Å². The molecular weight excluding hydrogens is 268 g/mol. The zero-order valence-electron chi connectivity index (χ0n) is 11.4. The van der Waals surface area contributed by atoms with Gasteiger partial charge in [0.1, 0.15) is 6.10 Å². The number of benzene rings is 2. The highest BCUT2D eigenvalue weighted by Crippen LogP contribution is 2.37.